The van der Waals surface area contributed by atoms with E-state index < -0.39 is 17.6 Å². The van der Waals surface area contributed by atoms with Gasteiger partial charge in [0.05, 0.1) is 6.61 Å². The molecule has 1 saturated heterocycles. The number of nitrogens with one attached hydrogen (secondary N) is 2. The molecule has 0 radical (unpaired) electrons. The van der Waals surface area contributed by atoms with Crippen LogP contribution in [0, 0.1) is 5.41 Å². The molecule has 3 N–H and O–H groups in total. The summed E-state index contributed by atoms with van der Waals surface area (Å²) in [7, 11) is 0. The number of hydrogen-bond acceptors (Lipinski definition) is 5. The molecule has 0 spiro atoms. The molecule has 0 bridgehead atoms. The highest BCUT2D eigenvalue weighted by Gasteiger charge is 2.46. The number of benzene rings is 2. The van der Waals surface area contributed by atoms with E-state index in [4.69, 9.17) is 9.47 Å². The summed E-state index contributed by atoms with van der Waals surface area (Å²) >= 11 is 0. The molecule has 35 heavy (non-hydrogen) atoms. The Bertz CT molecular complexity index is 1090. The maximum atomic E-state index is 12.7. The molecule has 1 aliphatic heterocycles. The van der Waals surface area contributed by atoms with Gasteiger partial charge in [0.15, 0.2) is 5.54 Å². The fourth-order valence-electron chi connectivity index (χ4n) is 5.54. The second-order valence-corrected chi connectivity index (χ2v) is 9.95. The summed E-state index contributed by atoms with van der Waals surface area (Å²) in [5.74, 6) is -1.42. The lowest BCUT2D eigenvalue weighted by molar-refractivity contribution is -0.148. The Balaban J connectivity index is 1.16. The fourth-order valence-corrected chi connectivity index (χ4v) is 5.54. The van der Waals surface area contributed by atoms with Crippen molar-refractivity contribution in [2.24, 2.45) is 5.41 Å². The molecule has 1 unspecified atom stereocenters. The average molecular weight is 479 g/mol. The zero-order valence-corrected chi connectivity index (χ0v) is 19.5. The van der Waals surface area contributed by atoms with Gasteiger partial charge in [-0.3, -0.25) is 4.79 Å². The molecule has 184 valence electrons. The van der Waals surface area contributed by atoms with Crippen LogP contribution >= 0.6 is 0 Å². The first-order chi connectivity index (χ1) is 16.9. The van der Waals surface area contributed by atoms with Gasteiger partial charge in [-0.2, -0.15) is 0 Å². The van der Waals surface area contributed by atoms with Crippen molar-refractivity contribution in [3.63, 3.8) is 0 Å². The maximum absolute atomic E-state index is 12.7. The predicted molar refractivity (Wildman–Crippen MR) is 128 cm³/mol. The van der Waals surface area contributed by atoms with Crippen molar-refractivity contribution in [3.8, 4) is 11.1 Å². The highest BCUT2D eigenvalue weighted by Crippen LogP contribution is 2.45. The molecular formula is C27H30N2O6. The number of carbonyl (C=O) groups is 3. The van der Waals surface area contributed by atoms with E-state index in [1.165, 1.54) is 11.1 Å². The van der Waals surface area contributed by atoms with E-state index in [1.807, 2.05) is 24.3 Å². The van der Waals surface area contributed by atoms with Crippen LogP contribution in [0.1, 0.15) is 49.1 Å². The summed E-state index contributed by atoms with van der Waals surface area (Å²) in [6.07, 6.45) is 2.45. The van der Waals surface area contributed by atoms with Crippen LogP contribution in [-0.2, 0) is 19.1 Å². The first-order valence-corrected chi connectivity index (χ1v) is 12.1. The molecule has 1 heterocycles. The van der Waals surface area contributed by atoms with Crippen LogP contribution in [0.5, 0.6) is 0 Å². The lowest BCUT2D eigenvalue weighted by atomic mass is 9.66. The van der Waals surface area contributed by atoms with E-state index >= 15 is 0 Å². The summed E-state index contributed by atoms with van der Waals surface area (Å²) in [4.78, 5) is 37.0. The Morgan fingerprint density at radius 1 is 1.00 bits per heavy atom. The van der Waals surface area contributed by atoms with Crippen molar-refractivity contribution in [1.29, 1.82) is 0 Å². The zero-order chi connectivity index (χ0) is 24.5. The predicted octanol–water partition coefficient (Wildman–Crippen LogP) is 3.45. The number of carbonyl (C=O) groups excluding carboxylic acids is 2. The van der Waals surface area contributed by atoms with Crippen molar-refractivity contribution in [3.05, 3.63) is 59.7 Å². The number of amides is 2. The van der Waals surface area contributed by atoms with Crippen molar-refractivity contribution >= 4 is 18.0 Å². The molecule has 2 amide bonds. The number of rotatable bonds is 8. The highest BCUT2D eigenvalue weighted by atomic mass is 16.5. The SMILES string of the molecule is O=C(CC1(CNC(=O)OCC2c3ccccc3-c3ccccc32)CCC1)NC1(C(=O)O)CCOC1. The minimum atomic E-state index is -1.36. The van der Waals surface area contributed by atoms with Crippen molar-refractivity contribution in [2.75, 3.05) is 26.4 Å². The number of carboxylic acids is 1. The van der Waals surface area contributed by atoms with Crippen molar-refractivity contribution in [1.82, 2.24) is 10.6 Å². The molecule has 3 aliphatic rings. The van der Waals surface area contributed by atoms with Gasteiger partial charge < -0.3 is 25.2 Å². The normalized spacial score (nSPS) is 21.9. The Morgan fingerprint density at radius 3 is 2.20 bits per heavy atom. The molecule has 0 aromatic heterocycles. The van der Waals surface area contributed by atoms with Gasteiger partial charge in [0.25, 0.3) is 0 Å². The topological polar surface area (TPSA) is 114 Å². The van der Waals surface area contributed by atoms with E-state index in [0.717, 1.165) is 30.4 Å². The summed E-state index contributed by atoms with van der Waals surface area (Å²) in [5.41, 5.74) is 2.90. The molecule has 1 atom stereocenters. The molecular weight excluding hydrogens is 448 g/mol. The Kier molecular flexibility index (Phi) is 6.23. The Hall–Kier alpha value is -3.39. The third-order valence-corrected chi connectivity index (χ3v) is 7.71. The number of carboxylic acid groups (broad SMARTS) is 1. The third-order valence-electron chi connectivity index (χ3n) is 7.71. The number of fused-ring (bicyclic) bond motifs is 3. The summed E-state index contributed by atoms with van der Waals surface area (Å²) in [5, 5.41) is 15.1. The molecule has 8 heteroatoms. The molecule has 2 aliphatic carbocycles. The summed E-state index contributed by atoms with van der Waals surface area (Å²) in [6.45, 7) is 0.822. The second-order valence-electron chi connectivity index (χ2n) is 9.95. The highest BCUT2D eigenvalue weighted by molar-refractivity contribution is 5.88. The van der Waals surface area contributed by atoms with Gasteiger partial charge >= 0.3 is 12.1 Å². The summed E-state index contributed by atoms with van der Waals surface area (Å²) < 4.78 is 10.8. The van der Waals surface area contributed by atoms with Crippen LogP contribution < -0.4 is 10.6 Å². The van der Waals surface area contributed by atoms with Gasteiger partial charge in [0.1, 0.15) is 6.61 Å². The van der Waals surface area contributed by atoms with Gasteiger partial charge in [0.2, 0.25) is 5.91 Å². The molecule has 5 rings (SSSR count). The first kappa shape index (κ1) is 23.4. The molecule has 1 saturated carbocycles. The zero-order valence-electron chi connectivity index (χ0n) is 19.5. The standard InChI is InChI=1S/C27H30N2O6/c30-23(29-27(24(31)32)12-13-34-17-27)14-26(10-5-11-26)16-28-25(33)35-15-22-20-8-3-1-6-18(20)19-7-2-4-9-21(19)22/h1-4,6-9,22H,5,10-17H2,(H,28,33)(H,29,30)(H,31,32). The van der Waals surface area contributed by atoms with E-state index in [0.29, 0.717) is 13.2 Å². The van der Waals surface area contributed by atoms with E-state index in [1.54, 1.807) is 0 Å². The molecule has 8 nitrogen and oxygen atoms in total. The number of aliphatic carboxylic acids is 1. The van der Waals surface area contributed by atoms with E-state index in [-0.39, 0.29) is 43.3 Å². The lowest BCUT2D eigenvalue weighted by Crippen LogP contribution is -2.56. The van der Waals surface area contributed by atoms with Crippen LogP contribution in [-0.4, -0.2) is 55.0 Å². The minimum Gasteiger partial charge on any atom is -0.479 e. The van der Waals surface area contributed by atoms with Crippen LogP contribution in [0.15, 0.2) is 48.5 Å². The lowest BCUT2D eigenvalue weighted by Gasteiger charge is -2.42. The van der Waals surface area contributed by atoms with Gasteiger partial charge in [-0.15, -0.1) is 0 Å². The third kappa shape index (κ3) is 4.50. The van der Waals surface area contributed by atoms with Gasteiger partial charge in [0, 0.05) is 31.9 Å². The number of alkyl carbamates (subject to hydrolysis) is 1. The minimum absolute atomic E-state index is 0.0163. The van der Waals surface area contributed by atoms with Gasteiger partial charge in [-0.05, 0) is 40.5 Å². The second kappa shape index (κ2) is 9.34. The number of ether oxygens (including phenoxy) is 2. The van der Waals surface area contributed by atoms with Crippen molar-refractivity contribution in [2.45, 2.75) is 43.6 Å². The average Bonchev–Trinajstić information content (AvgIpc) is 3.43. The van der Waals surface area contributed by atoms with Gasteiger partial charge in [-0.1, -0.05) is 55.0 Å². The maximum Gasteiger partial charge on any atom is 0.407 e. The van der Waals surface area contributed by atoms with E-state index in [9.17, 15) is 19.5 Å². The van der Waals surface area contributed by atoms with Crippen LogP contribution in [0.4, 0.5) is 4.79 Å². The van der Waals surface area contributed by atoms with Gasteiger partial charge in [-0.25, -0.2) is 9.59 Å². The fraction of sp³-hybridized carbons (Fsp3) is 0.444. The van der Waals surface area contributed by atoms with Crippen LogP contribution in [0.2, 0.25) is 0 Å². The Labute approximate surface area is 204 Å². The van der Waals surface area contributed by atoms with Crippen LogP contribution in [0.25, 0.3) is 11.1 Å². The van der Waals surface area contributed by atoms with Crippen LogP contribution in [0.3, 0.4) is 0 Å². The van der Waals surface area contributed by atoms with E-state index in [2.05, 4.69) is 34.9 Å². The molecule has 2 aromatic rings. The smallest absolute Gasteiger partial charge is 0.407 e. The monoisotopic (exact) mass is 478 g/mol. The summed E-state index contributed by atoms with van der Waals surface area (Å²) in [6, 6.07) is 16.3. The first-order valence-electron chi connectivity index (χ1n) is 12.1. The molecule has 2 fully saturated rings. The Morgan fingerprint density at radius 2 is 1.66 bits per heavy atom. The molecule has 2 aromatic carbocycles. The largest absolute Gasteiger partial charge is 0.479 e. The van der Waals surface area contributed by atoms with Crippen molar-refractivity contribution < 1.29 is 29.0 Å². The quantitative estimate of drug-likeness (QED) is 0.536. The number of hydrogen-bond donors (Lipinski definition) is 3.